The van der Waals surface area contributed by atoms with Crippen LogP contribution >= 0.6 is 0 Å². The van der Waals surface area contributed by atoms with Gasteiger partial charge in [0.2, 0.25) is 0 Å². The molecule has 8 heteroatoms. The van der Waals surface area contributed by atoms with Gasteiger partial charge in [0.1, 0.15) is 12.1 Å². The number of hydrogen-bond donors (Lipinski definition) is 0. The Hall–Kier alpha value is -2.48. The van der Waals surface area contributed by atoms with E-state index in [0.29, 0.717) is 12.4 Å². The normalized spacial score (nSPS) is 18.2. The maximum Gasteiger partial charge on any atom is 0.254 e. The fourth-order valence-electron chi connectivity index (χ4n) is 3.27. The maximum atomic E-state index is 5.95. The minimum atomic E-state index is 0.0920. The highest BCUT2D eigenvalue weighted by Gasteiger charge is 2.24. The molecule has 1 atom stereocenters. The number of fused-ring (bicyclic) bond motifs is 1. The van der Waals surface area contributed by atoms with Crippen LogP contribution in [0.15, 0.2) is 24.8 Å². The van der Waals surface area contributed by atoms with E-state index in [4.69, 9.17) is 4.74 Å². The minimum Gasteiger partial charge on any atom is -0.373 e. The van der Waals surface area contributed by atoms with Crippen LogP contribution in [0, 0.1) is 6.92 Å². The van der Waals surface area contributed by atoms with Crippen LogP contribution in [0.1, 0.15) is 24.6 Å². The highest BCUT2D eigenvalue weighted by molar-refractivity contribution is 5.47. The maximum absolute atomic E-state index is 5.95. The summed E-state index contributed by atoms with van der Waals surface area (Å²) in [6, 6.07) is 2.13. The van der Waals surface area contributed by atoms with Gasteiger partial charge < -0.3 is 9.64 Å². The second-order valence-corrected chi connectivity index (χ2v) is 6.51. The number of aryl methyl sites for hydroxylation is 2. The molecule has 0 aliphatic carbocycles. The topological polar surface area (TPSA) is 73.4 Å². The molecule has 4 heterocycles. The molecule has 3 aromatic heterocycles. The van der Waals surface area contributed by atoms with E-state index in [9.17, 15) is 0 Å². The molecule has 1 aliphatic rings. The molecule has 1 saturated heterocycles. The van der Waals surface area contributed by atoms with Crippen molar-refractivity contribution in [2.24, 2.45) is 0 Å². The van der Waals surface area contributed by atoms with Crippen LogP contribution in [-0.2, 0) is 17.7 Å². The molecule has 0 bridgehead atoms. The van der Waals surface area contributed by atoms with Crippen molar-refractivity contribution in [1.82, 2.24) is 29.4 Å². The van der Waals surface area contributed by atoms with Crippen LogP contribution in [0.2, 0.25) is 0 Å². The summed E-state index contributed by atoms with van der Waals surface area (Å²) in [7, 11) is 0. The molecule has 0 spiro atoms. The summed E-state index contributed by atoms with van der Waals surface area (Å²) in [4.78, 5) is 11.2. The van der Waals surface area contributed by atoms with Crippen molar-refractivity contribution >= 4 is 11.6 Å². The first-order valence-corrected chi connectivity index (χ1v) is 8.78. The molecule has 8 nitrogen and oxygen atoms in total. The first kappa shape index (κ1) is 16.0. The Bertz CT molecular complexity index is 856. The number of morpholine rings is 1. The molecule has 1 fully saturated rings. The highest BCUT2D eigenvalue weighted by atomic mass is 16.5. The Morgan fingerprint density at radius 1 is 1.32 bits per heavy atom. The van der Waals surface area contributed by atoms with Crippen LogP contribution < -0.4 is 4.90 Å². The summed E-state index contributed by atoms with van der Waals surface area (Å²) in [6.07, 6.45) is 7.57. The van der Waals surface area contributed by atoms with Crippen molar-refractivity contribution < 1.29 is 4.74 Å². The van der Waals surface area contributed by atoms with Gasteiger partial charge in [-0.2, -0.15) is 19.7 Å². The summed E-state index contributed by atoms with van der Waals surface area (Å²) >= 11 is 0. The summed E-state index contributed by atoms with van der Waals surface area (Å²) in [5.41, 5.74) is 2.22. The van der Waals surface area contributed by atoms with Gasteiger partial charge in [0, 0.05) is 31.0 Å². The number of ether oxygens (including phenoxy) is 1. The van der Waals surface area contributed by atoms with Crippen LogP contribution in [0.25, 0.3) is 5.78 Å². The third-order valence-corrected chi connectivity index (χ3v) is 4.41. The molecule has 1 aliphatic heterocycles. The highest BCUT2D eigenvalue weighted by Crippen LogP contribution is 2.20. The Morgan fingerprint density at radius 2 is 2.24 bits per heavy atom. The average Bonchev–Trinajstić information content (AvgIpc) is 3.23. The molecule has 3 aromatic rings. The van der Waals surface area contributed by atoms with Gasteiger partial charge in [0.25, 0.3) is 5.78 Å². The number of anilines is 1. The standard InChI is InChI=1S/C17H23N7O/c1-3-4-14-7-16(24-17(21-14)18-12-20-24)22-5-6-25-15(10-22)11-23-9-13(2)8-19-23/h7-9,12,15H,3-6,10-11H2,1-2H3/t15-/m0/s1. The summed E-state index contributed by atoms with van der Waals surface area (Å²) in [6.45, 7) is 7.27. The fourth-order valence-corrected chi connectivity index (χ4v) is 3.27. The molecular formula is C17H23N7O. The van der Waals surface area contributed by atoms with E-state index in [1.54, 1.807) is 6.33 Å². The molecule has 0 N–H and O–H groups in total. The van der Waals surface area contributed by atoms with E-state index in [-0.39, 0.29) is 6.10 Å². The van der Waals surface area contributed by atoms with Gasteiger partial charge in [-0.3, -0.25) is 4.68 Å². The lowest BCUT2D eigenvalue weighted by molar-refractivity contribution is 0.0270. The van der Waals surface area contributed by atoms with Gasteiger partial charge >= 0.3 is 0 Å². The van der Waals surface area contributed by atoms with E-state index < -0.39 is 0 Å². The van der Waals surface area contributed by atoms with Gasteiger partial charge in [-0.05, 0) is 18.9 Å². The molecule has 25 heavy (non-hydrogen) atoms. The second-order valence-electron chi connectivity index (χ2n) is 6.51. The van der Waals surface area contributed by atoms with Crippen LogP contribution in [0.4, 0.5) is 5.82 Å². The van der Waals surface area contributed by atoms with E-state index in [1.165, 1.54) is 0 Å². The van der Waals surface area contributed by atoms with Gasteiger partial charge in [-0.15, -0.1) is 0 Å². The van der Waals surface area contributed by atoms with Crippen molar-refractivity contribution in [2.75, 3.05) is 24.6 Å². The van der Waals surface area contributed by atoms with Crippen molar-refractivity contribution in [2.45, 2.75) is 39.3 Å². The van der Waals surface area contributed by atoms with Crippen LogP contribution in [0.5, 0.6) is 0 Å². The molecular weight excluding hydrogens is 318 g/mol. The summed E-state index contributed by atoms with van der Waals surface area (Å²) < 4.78 is 9.72. The third kappa shape index (κ3) is 3.34. The quantitative estimate of drug-likeness (QED) is 0.700. The number of nitrogens with zero attached hydrogens (tertiary/aromatic N) is 7. The van der Waals surface area contributed by atoms with Crippen LogP contribution in [-0.4, -0.2) is 55.2 Å². The van der Waals surface area contributed by atoms with Gasteiger partial charge in [0.15, 0.2) is 0 Å². The molecule has 132 valence electrons. The predicted molar refractivity (Wildman–Crippen MR) is 93.7 cm³/mol. The molecule has 0 aromatic carbocycles. The van der Waals surface area contributed by atoms with E-state index >= 15 is 0 Å². The van der Waals surface area contributed by atoms with E-state index in [1.807, 2.05) is 28.5 Å². The van der Waals surface area contributed by atoms with Gasteiger partial charge in [-0.25, -0.2) is 4.98 Å². The van der Waals surface area contributed by atoms with Crippen molar-refractivity contribution in [3.05, 3.63) is 36.0 Å². The van der Waals surface area contributed by atoms with Gasteiger partial charge in [-0.1, -0.05) is 13.3 Å². The zero-order valence-electron chi connectivity index (χ0n) is 14.7. The lowest BCUT2D eigenvalue weighted by Crippen LogP contribution is -2.45. The van der Waals surface area contributed by atoms with Gasteiger partial charge in [0.05, 0.1) is 25.5 Å². The Labute approximate surface area is 146 Å². The number of aromatic nitrogens is 6. The van der Waals surface area contributed by atoms with E-state index in [0.717, 1.165) is 49.6 Å². The smallest absolute Gasteiger partial charge is 0.254 e. The molecule has 0 saturated carbocycles. The predicted octanol–water partition coefficient (Wildman–Crippen LogP) is 1.49. The Balaban J connectivity index is 1.58. The van der Waals surface area contributed by atoms with E-state index in [2.05, 4.69) is 38.1 Å². The fraction of sp³-hybridized carbons (Fsp3) is 0.529. The molecule has 4 rings (SSSR count). The van der Waals surface area contributed by atoms with Crippen molar-refractivity contribution in [1.29, 1.82) is 0 Å². The monoisotopic (exact) mass is 341 g/mol. The Morgan fingerprint density at radius 3 is 3.04 bits per heavy atom. The SMILES string of the molecule is CCCc1cc(N2CCO[C@H](Cn3cc(C)cn3)C2)n2ncnc2n1. The zero-order valence-corrected chi connectivity index (χ0v) is 14.7. The second kappa shape index (κ2) is 6.79. The molecule has 0 radical (unpaired) electrons. The first-order valence-electron chi connectivity index (χ1n) is 8.78. The Kier molecular flexibility index (Phi) is 4.35. The summed E-state index contributed by atoms with van der Waals surface area (Å²) in [5, 5.41) is 8.72. The number of hydrogen-bond acceptors (Lipinski definition) is 6. The minimum absolute atomic E-state index is 0.0920. The summed E-state index contributed by atoms with van der Waals surface area (Å²) in [5.74, 6) is 1.70. The van der Waals surface area contributed by atoms with Crippen molar-refractivity contribution in [3.8, 4) is 0 Å². The molecule has 0 amide bonds. The third-order valence-electron chi connectivity index (χ3n) is 4.41. The first-order chi connectivity index (χ1) is 12.2. The zero-order chi connectivity index (χ0) is 17.2. The largest absolute Gasteiger partial charge is 0.373 e. The lowest BCUT2D eigenvalue weighted by Gasteiger charge is -2.34. The average molecular weight is 341 g/mol. The van der Waals surface area contributed by atoms with Crippen LogP contribution in [0.3, 0.4) is 0 Å². The van der Waals surface area contributed by atoms with Crippen molar-refractivity contribution in [3.63, 3.8) is 0 Å². The lowest BCUT2D eigenvalue weighted by atomic mass is 10.2. The molecule has 0 unspecified atom stereocenters. The number of rotatable bonds is 5.